The van der Waals surface area contributed by atoms with E-state index in [1.54, 1.807) is 0 Å². The minimum atomic E-state index is -1.07. The molecule has 0 aliphatic carbocycles. The molecule has 0 radical (unpaired) electrons. The lowest BCUT2D eigenvalue weighted by atomic mass is 10.3. The minimum Gasteiger partial charge on any atom is -0.480 e. The molecule has 1 unspecified atom stereocenters. The van der Waals surface area contributed by atoms with Crippen LogP contribution in [0.25, 0.3) is 0 Å². The SMILES string of the molecule is CN1C(=O)C(CBr)N(CCOCC(=O)O)C1=O. The van der Waals surface area contributed by atoms with Gasteiger partial charge in [-0.3, -0.25) is 9.69 Å². The van der Waals surface area contributed by atoms with E-state index in [1.807, 2.05) is 0 Å². The average Bonchev–Trinajstić information content (AvgIpc) is 2.49. The highest BCUT2D eigenvalue weighted by Gasteiger charge is 2.41. The number of likely N-dealkylation sites (N-methyl/N-ethyl adjacent to an activating group) is 1. The fourth-order valence-electron chi connectivity index (χ4n) is 1.50. The number of alkyl halides is 1. The highest BCUT2D eigenvalue weighted by Crippen LogP contribution is 2.17. The van der Waals surface area contributed by atoms with Crippen molar-refractivity contribution in [2.75, 3.05) is 32.1 Å². The van der Waals surface area contributed by atoms with Gasteiger partial charge in [-0.05, 0) is 0 Å². The standard InChI is InChI=1S/C9H13BrN2O5/c1-11-8(15)6(4-10)12(9(11)16)2-3-17-5-7(13)14/h6H,2-5H2,1H3,(H,13,14). The second-order valence-corrected chi connectivity index (χ2v) is 4.14. The van der Waals surface area contributed by atoms with E-state index < -0.39 is 24.6 Å². The Kier molecular flexibility index (Phi) is 4.88. The zero-order valence-corrected chi connectivity index (χ0v) is 10.8. The van der Waals surface area contributed by atoms with Crippen LogP contribution in [-0.2, 0) is 14.3 Å². The molecule has 1 rings (SSSR count). The Morgan fingerprint density at radius 2 is 2.18 bits per heavy atom. The Bertz CT molecular complexity index is 335. The van der Waals surface area contributed by atoms with Crippen LogP contribution in [0.1, 0.15) is 0 Å². The zero-order chi connectivity index (χ0) is 13.0. The van der Waals surface area contributed by atoms with Crippen LogP contribution in [-0.4, -0.2) is 71.0 Å². The molecule has 8 heteroatoms. The molecule has 1 aliphatic rings. The van der Waals surface area contributed by atoms with Crippen molar-refractivity contribution in [1.82, 2.24) is 9.80 Å². The number of carbonyl (C=O) groups is 3. The van der Waals surface area contributed by atoms with E-state index in [0.717, 1.165) is 4.90 Å². The van der Waals surface area contributed by atoms with Gasteiger partial charge in [0.1, 0.15) is 12.6 Å². The first-order chi connectivity index (χ1) is 7.99. The van der Waals surface area contributed by atoms with Crippen molar-refractivity contribution in [3.63, 3.8) is 0 Å². The molecule has 17 heavy (non-hydrogen) atoms. The number of carboxylic acids is 1. The Hall–Kier alpha value is -1.15. The number of ether oxygens (including phenoxy) is 1. The molecular weight excluding hydrogens is 296 g/mol. The lowest BCUT2D eigenvalue weighted by Crippen LogP contribution is -2.38. The maximum absolute atomic E-state index is 11.7. The normalized spacial score (nSPS) is 20.2. The van der Waals surface area contributed by atoms with Gasteiger partial charge in [0, 0.05) is 18.9 Å². The van der Waals surface area contributed by atoms with Gasteiger partial charge in [0.2, 0.25) is 0 Å². The summed E-state index contributed by atoms with van der Waals surface area (Å²) in [6.45, 7) is -0.133. The molecule has 1 N–H and O–H groups in total. The number of nitrogens with zero attached hydrogens (tertiary/aromatic N) is 2. The summed E-state index contributed by atoms with van der Waals surface area (Å²) in [7, 11) is 1.42. The Morgan fingerprint density at radius 3 is 2.71 bits per heavy atom. The fraction of sp³-hybridized carbons (Fsp3) is 0.667. The summed E-state index contributed by atoms with van der Waals surface area (Å²) in [5, 5.41) is 8.71. The largest absolute Gasteiger partial charge is 0.480 e. The molecule has 1 saturated heterocycles. The van der Waals surface area contributed by atoms with E-state index in [4.69, 9.17) is 9.84 Å². The van der Waals surface area contributed by atoms with Crippen molar-refractivity contribution in [3.05, 3.63) is 0 Å². The van der Waals surface area contributed by atoms with E-state index in [-0.39, 0.29) is 19.1 Å². The molecule has 0 saturated carbocycles. The van der Waals surface area contributed by atoms with Crippen molar-refractivity contribution in [2.45, 2.75) is 6.04 Å². The average molecular weight is 309 g/mol. The molecule has 3 amide bonds. The van der Waals surface area contributed by atoms with E-state index >= 15 is 0 Å². The molecule has 0 bridgehead atoms. The van der Waals surface area contributed by atoms with Crippen molar-refractivity contribution >= 4 is 33.8 Å². The molecule has 0 aromatic rings. The molecule has 0 spiro atoms. The third-order valence-corrected chi connectivity index (χ3v) is 2.99. The number of imide groups is 1. The molecule has 1 atom stereocenters. The first kappa shape index (κ1) is 13.9. The summed E-state index contributed by atoms with van der Waals surface area (Å²) in [4.78, 5) is 35.9. The Balaban J connectivity index is 2.48. The van der Waals surface area contributed by atoms with Gasteiger partial charge in [0.05, 0.1) is 6.61 Å². The summed E-state index contributed by atoms with van der Waals surface area (Å²) in [5.74, 6) is -1.34. The van der Waals surface area contributed by atoms with Crippen LogP contribution in [0.2, 0.25) is 0 Å². The van der Waals surface area contributed by atoms with Crippen molar-refractivity contribution in [1.29, 1.82) is 0 Å². The highest BCUT2D eigenvalue weighted by atomic mass is 79.9. The number of amides is 3. The molecule has 0 aromatic heterocycles. The van der Waals surface area contributed by atoms with E-state index in [1.165, 1.54) is 11.9 Å². The van der Waals surface area contributed by atoms with Gasteiger partial charge in [-0.15, -0.1) is 0 Å². The third-order valence-electron chi connectivity index (χ3n) is 2.37. The van der Waals surface area contributed by atoms with Gasteiger partial charge in [-0.1, -0.05) is 15.9 Å². The summed E-state index contributed by atoms with van der Waals surface area (Å²) in [6, 6.07) is -0.931. The van der Waals surface area contributed by atoms with Crippen molar-refractivity contribution < 1.29 is 24.2 Å². The Morgan fingerprint density at radius 1 is 1.53 bits per heavy atom. The van der Waals surface area contributed by atoms with Gasteiger partial charge in [0.25, 0.3) is 5.91 Å². The molecule has 1 fully saturated rings. The summed E-state index contributed by atoms with van der Waals surface area (Å²) in [6.07, 6.45) is 0. The molecule has 1 heterocycles. The van der Waals surface area contributed by atoms with Gasteiger partial charge < -0.3 is 14.7 Å². The molecule has 0 aromatic carbocycles. The van der Waals surface area contributed by atoms with Crippen LogP contribution in [0, 0.1) is 0 Å². The second-order valence-electron chi connectivity index (χ2n) is 3.49. The highest BCUT2D eigenvalue weighted by molar-refractivity contribution is 9.09. The smallest absolute Gasteiger partial charge is 0.329 e. The fourth-order valence-corrected chi connectivity index (χ4v) is 2.13. The number of hydrogen-bond donors (Lipinski definition) is 1. The van der Waals surface area contributed by atoms with Gasteiger partial charge in [0.15, 0.2) is 0 Å². The van der Waals surface area contributed by atoms with Crippen molar-refractivity contribution in [2.24, 2.45) is 0 Å². The number of aliphatic carboxylic acids is 1. The Labute approximate surface area is 106 Å². The van der Waals surface area contributed by atoms with Gasteiger partial charge in [-0.2, -0.15) is 0 Å². The topological polar surface area (TPSA) is 87.2 Å². The molecule has 1 aliphatic heterocycles. The van der Waals surface area contributed by atoms with Crippen molar-refractivity contribution in [3.8, 4) is 0 Å². The summed E-state index contributed by atoms with van der Waals surface area (Å²) < 4.78 is 4.83. The monoisotopic (exact) mass is 308 g/mol. The molecule has 7 nitrogen and oxygen atoms in total. The number of carboxylic acid groups (broad SMARTS) is 1. The summed E-state index contributed by atoms with van der Waals surface area (Å²) >= 11 is 3.17. The maximum atomic E-state index is 11.7. The lowest BCUT2D eigenvalue weighted by molar-refractivity contribution is -0.142. The predicted octanol–water partition coefficient (Wildman–Crippen LogP) is -0.255. The first-order valence-corrected chi connectivity index (χ1v) is 6.04. The minimum absolute atomic E-state index is 0.0860. The number of rotatable bonds is 6. The molecular formula is C9H13BrN2O5. The first-order valence-electron chi connectivity index (χ1n) is 4.92. The number of carbonyl (C=O) groups excluding carboxylic acids is 2. The van der Waals surface area contributed by atoms with Crippen LogP contribution in [0.4, 0.5) is 4.79 Å². The number of urea groups is 1. The number of hydrogen-bond acceptors (Lipinski definition) is 4. The van der Waals surface area contributed by atoms with Crippen LogP contribution in [0.3, 0.4) is 0 Å². The maximum Gasteiger partial charge on any atom is 0.329 e. The second kappa shape index (κ2) is 5.97. The van der Waals surface area contributed by atoms with E-state index in [9.17, 15) is 14.4 Å². The molecule has 96 valence electrons. The quantitative estimate of drug-likeness (QED) is 0.415. The lowest BCUT2D eigenvalue weighted by Gasteiger charge is -2.19. The third kappa shape index (κ3) is 3.16. The van der Waals surface area contributed by atoms with Crippen LogP contribution >= 0.6 is 15.9 Å². The van der Waals surface area contributed by atoms with Crippen LogP contribution < -0.4 is 0 Å². The zero-order valence-electron chi connectivity index (χ0n) is 9.26. The van der Waals surface area contributed by atoms with E-state index in [0.29, 0.717) is 5.33 Å². The van der Waals surface area contributed by atoms with Gasteiger partial charge >= 0.3 is 12.0 Å². The van der Waals surface area contributed by atoms with E-state index in [2.05, 4.69) is 15.9 Å². The number of halogens is 1. The predicted molar refractivity (Wildman–Crippen MR) is 60.9 cm³/mol. The van der Waals surface area contributed by atoms with Crippen LogP contribution in [0.15, 0.2) is 0 Å². The summed E-state index contributed by atoms with van der Waals surface area (Å²) in [5.41, 5.74) is 0. The van der Waals surface area contributed by atoms with Gasteiger partial charge in [-0.25, -0.2) is 9.59 Å². The van der Waals surface area contributed by atoms with Crippen LogP contribution in [0.5, 0.6) is 0 Å².